The third-order valence-electron chi connectivity index (χ3n) is 7.51. The standard InChI is InChI=1S/C27H32N2O6/c1-16(34-3)23(24(30)31)29-25(32)27(2)14-8-13-22(27)28-26(33)35-15-21-19-11-6-4-9-17(19)18-10-5-7-12-20(18)21/h4-7,9-12,16,21-23H,8,13-15H2,1-3H3,(H,28,33)(H,29,32)(H,30,31). The maximum absolute atomic E-state index is 13.1. The van der Waals surface area contributed by atoms with Crippen LogP contribution in [0.4, 0.5) is 4.79 Å². The molecule has 2 amide bonds. The predicted molar refractivity (Wildman–Crippen MR) is 130 cm³/mol. The van der Waals surface area contributed by atoms with Gasteiger partial charge in [0.1, 0.15) is 6.61 Å². The van der Waals surface area contributed by atoms with Crippen molar-refractivity contribution in [3.8, 4) is 11.1 Å². The van der Waals surface area contributed by atoms with E-state index in [0.717, 1.165) is 28.7 Å². The van der Waals surface area contributed by atoms with E-state index in [9.17, 15) is 19.5 Å². The number of benzene rings is 2. The molecule has 0 heterocycles. The zero-order chi connectivity index (χ0) is 25.2. The van der Waals surface area contributed by atoms with Crippen LogP contribution in [-0.4, -0.2) is 55.0 Å². The number of fused-ring (bicyclic) bond motifs is 3. The van der Waals surface area contributed by atoms with Gasteiger partial charge in [0.15, 0.2) is 6.04 Å². The lowest BCUT2D eigenvalue weighted by molar-refractivity contribution is -0.147. The van der Waals surface area contributed by atoms with Crippen molar-refractivity contribution in [1.29, 1.82) is 0 Å². The molecule has 0 aromatic heterocycles. The molecule has 0 spiro atoms. The fourth-order valence-electron chi connectivity index (χ4n) is 5.27. The number of nitrogens with one attached hydrogen (secondary N) is 2. The molecule has 8 nitrogen and oxygen atoms in total. The number of carboxylic acid groups (broad SMARTS) is 1. The number of hydrogen-bond donors (Lipinski definition) is 3. The fourth-order valence-corrected chi connectivity index (χ4v) is 5.27. The number of alkyl carbamates (subject to hydrolysis) is 1. The Morgan fingerprint density at radius 1 is 1.09 bits per heavy atom. The van der Waals surface area contributed by atoms with Gasteiger partial charge in [0, 0.05) is 19.1 Å². The molecule has 0 saturated heterocycles. The van der Waals surface area contributed by atoms with E-state index in [1.807, 2.05) is 24.3 Å². The molecule has 0 radical (unpaired) electrons. The van der Waals surface area contributed by atoms with Gasteiger partial charge in [-0.2, -0.15) is 0 Å². The lowest BCUT2D eigenvalue weighted by Crippen LogP contribution is -2.57. The van der Waals surface area contributed by atoms with Gasteiger partial charge in [-0.25, -0.2) is 9.59 Å². The Kier molecular flexibility index (Phi) is 7.12. The molecule has 1 fully saturated rings. The Labute approximate surface area is 205 Å². The molecule has 4 atom stereocenters. The van der Waals surface area contributed by atoms with Crippen LogP contribution in [0.1, 0.15) is 50.2 Å². The van der Waals surface area contributed by atoms with Crippen LogP contribution in [0.5, 0.6) is 0 Å². The minimum atomic E-state index is -1.18. The molecule has 2 aromatic carbocycles. The number of ether oxygens (including phenoxy) is 2. The molecular formula is C27H32N2O6. The Bertz CT molecular complexity index is 1070. The second-order valence-corrected chi connectivity index (χ2v) is 9.56. The van der Waals surface area contributed by atoms with E-state index in [-0.39, 0.29) is 12.5 Å². The largest absolute Gasteiger partial charge is 0.480 e. The molecule has 4 unspecified atom stereocenters. The second kappa shape index (κ2) is 10.1. The van der Waals surface area contributed by atoms with Crippen molar-refractivity contribution in [2.24, 2.45) is 5.41 Å². The van der Waals surface area contributed by atoms with Crippen LogP contribution in [0.15, 0.2) is 48.5 Å². The number of methoxy groups -OCH3 is 1. The lowest BCUT2D eigenvalue weighted by Gasteiger charge is -2.32. The Hall–Kier alpha value is -3.39. The average Bonchev–Trinajstić information content (AvgIpc) is 3.38. The molecule has 1 saturated carbocycles. The molecule has 2 aliphatic carbocycles. The highest BCUT2D eigenvalue weighted by atomic mass is 16.5. The van der Waals surface area contributed by atoms with Crippen LogP contribution in [0.3, 0.4) is 0 Å². The van der Waals surface area contributed by atoms with Gasteiger partial charge in [-0.05, 0) is 48.9 Å². The molecule has 2 aliphatic rings. The van der Waals surface area contributed by atoms with E-state index in [2.05, 4.69) is 34.9 Å². The number of amides is 2. The number of hydrogen-bond acceptors (Lipinski definition) is 5. The summed E-state index contributed by atoms with van der Waals surface area (Å²) in [5.41, 5.74) is 3.59. The highest BCUT2D eigenvalue weighted by Crippen LogP contribution is 2.44. The molecule has 8 heteroatoms. The first-order valence-corrected chi connectivity index (χ1v) is 11.9. The smallest absolute Gasteiger partial charge is 0.407 e. The van der Waals surface area contributed by atoms with Gasteiger partial charge in [0.25, 0.3) is 0 Å². The van der Waals surface area contributed by atoms with Crippen molar-refractivity contribution >= 4 is 18.0 Å². The molecule has 0 bridgehead atoms. The lowest BCUT2D eigenvalue weighted by atomic mass is 9.83. The average molecular weight is 481 g/mol. The van der Waals surface area contributed by atoms with E-state index in [4.69, 9.17) is 9.47 Å². The molecule has 3 N–H and O–H groups in total. The molecule has 186 valence electrons. The molecule has 35 heavy (non-hydrogen) atoms. The summed E-state index contributed by atoms with van der Waals surface area (Å²) >= 11 is 0. The van der Waals surface area contributed by atoms with Crippen LogP contribution in [0.25, 0.3) is 11.1 Å². The van der Waals surface area contributed by atoms with Crippen molar-refractivity contribution in [3.05, 3.63) is 59.7 Å². The summed E-state index contributed by atoms with van der Waals surface area (Å²) in [6.07, 6.45) is 0.579. The second-order valence-electron chi connectivity index (χ2n) is 9.56. The maximum atomic E-state index is 13.1. The van der Waals surface area contributed by atoms with Gasteiger partial charge < -0.3 is 25.2 Å². The highest BCUT2D eigenvalue weighted by Gasteiger charge is 2.47. The maximum Gasteiger partial charge on any atom is 0.407 e. The number of carboxylic acids is 1. The minimum absolute atomic E-state index is 0.0572. The molecular weight excluding hydrogens is 448 g/mol. The Morgan fingerprint density at radius 2 is 1.69 bits per heavy atom. The summed E-state index contributed by atoms with van der Waals surface area (Å²) < 4.78 is 10.8. The van der Waals surface area contributed by atoms with E-state index >= 15 is 0 Å². The number of carbonyl (C=O) groups excluding carboxylic acids is 2. The van der Waals surface area contributed by atoms with Gasteiger partial charge in [-0.3, -0.25) is 4.79 Å². The Balaban J connectivity index is 1.41. The van der Waals surface area contributed by atoms with Gasteiger partial charge in [0.2, 0.25) is 5.91 Å². The minimum Gasteiger partial charge on any atom is -0.480 e. The van der Waals surface area contributed by atoms with Crippen molar-refractivity contribution in [2.45, 2.75) is 57.2 Å². The first kappa shape index (κ1) is 24.7. The fraction of sp³-hybridized carbons (Fsp3) is 0.444. The number of aliphatic carboxylic acids is 1. The monoisotopic (exact) mass is 480 g/mol. The summed E-state index contributed by atoms with van der Waals surface area (Å²) in [4.78, 5) is 37.5. The van der Waals surface area contributed by atoms with E-state index in [0.29, 0.717) is 12.8 Å². The van der Waals surface area contributed by atoms with Crippen molar-refractivity contribution in [2.75, 3.05) is 13.7 Å². The van der Waals surface area contributed by atoms with Crippen LogP contribution in [0, 0.1) is 5.41 Å². The SMILES string of the molecule is COC(C)C(NC(=O)C1(C)CCCC1NC(=O)OCC1c2ccccc2-c2ccccc21)C(=O)O. The normalized spacial score (nSPS) is 22.5. The van der Waals surface area contributed by atoms with E-state index in [1.165, 1.54) is 7.11 Å². The third-order valence-corrected chi connectivity index (χ3v) is 7.51. The van der Waals surface area contributed by atoms with Crippen molar-refractivity contribution in [1.82, 2.24) is 10.6 Å². The predicted octanol–water partition coefficient (Wildman–Crippen LogP) is 3.69. The van der Waals surface area contributed by atoms with Crippen LogP contribution >= 0.6 is 0 Å². The summed E-state index contributed by atoms with van der Waals surface area (Å²) in [7, 11) is 1.39. The summed E-state index contributed by atoms with van der Waals surface area (Å²) in [5.74, 6) is -1.65. The van der Waals surface area contributed by atoms with Crippen molar-refractivity contribution in [3.63, 3.8) is 0 Å². The summed E-state index contributed by atoms with van der Waals surface area (Å²) in [5, 5.41) is 15.0. The highest BCUT2D eigenvalue weighted by molar-refractivity contribution is 5.89. The van der Waals surface area contributed by atoms with Gasteiger partial charge in [-0.15, -0.1) is 0 Å². The zero-order valence-corrected chi connectivity index (χ0v) is 20.2. The van der Waals surface area contributed by atoms with E-state index < -0.39 is 41.6 Å². The third kappa shape index (κ3) is 4.75. The van der Waals surface area contributed by atoms with Crippen molar-refractivity contribution < 1.29 is 29.0 Å². The summed E-state index contributed by atoms with van der Waals surface area (Å²) in [6.45, 7) is 3.52. The van der Waals surface area contributed by atoms with Gasteiger partial charge >= 0.3 is 12.1 Å². The topological polar surface area (TPSA) is 114 Å². The molecule has 0 aliphatic heterocycles. The van der Waals surface area contributed by atoms with Gasteiger partial charge in [0.05, 0.1) is 11.5 Å². The Morgan fingerprint density at radius 3 is 2.26 bits per heavy atom. The number of carbonyl (C=O) groups is 3. The molecule has 4 rings (SSSR count). The first-order valence-electron chi connectivity index (χ1n) is 11.9. The number of rotatable bonds is 8. The summed E-state index contributed by atoms with van der Waals surface area (Å²) in [6, 6.07) is 14.6. The first-order chi connectivity index (χ1) is 16.8. The van der Waals surface area contributed by atoms with Crippen LogP contribution in [-0.2, 0) is 19.1 Å². The van der Waals surface area contributed by atoms with E-state index in [1.54, 1.807) is 13.8 Å². The molecule has 2 aromatic rings. The quantitative estimate of drug-likeness (QED) is 0.531. The van der Waals surface area contributed by atoms with Crippen LogP contribution in [0.2, 0.25) is 0 Å². The zero-order valence-electron chi connectivity index (χ0n) is 20.2. The van der Waals surface area contributed by atoms with Gasteiger partial charge in [-0.1, -0.05) is 55.0 Å². The van der Waals surface area contributed by atoms with Crippen LogP contribution < -0.4 is 10.6 Å².